The van der Waals surface area contributed by atoms with Crippen molar-refractivity contribution in [1.82, 2.24) is 5.32 Å². The third-order valence-electron chi connectivity index (χ3n) is 12.3. The molecule has 11 rings (SSSR count). The molecule has 3 heteroatoms. The lowest BCUT2D eigenvalue weighted by atomic mass is 9.88. The molecule has 0 bridgehead atoms. The van der Waals surface area contributed by atoms with Crippen molar-refractivity contribution in [3.05, 3.63) is 168 Å². The van der Waals surface area contributed by atoms with Crippen LogP contribution in [-0.2, 0) is 24.6 Å². The molecule has 0 spiro atoms. The van der Waals surface area contributed by atoms with Crippen LogP contribution in [0.3, 0.4) is 0 Å². The molecule has 0 radical (unpaired) electrons. The van der Waals surface area contributed by atoms with E-state index < -0.39 is 0 Å². The Kier molecular flexibility index (Phi) is 7.02. The molecule has 3 aliphatic rings. The molecule has 246 valence electrons. The fourth-order valence-corrected chi connectivity index (χ4v) is 18.0. The van der Waals surface area contributed by atoms with Gasteiger partial charge in [-0.05, 0) is 125 Å². The first-order valence-corrected chi connectivity index (χ1v) is 21.9. The largest absolute Gasteiger partial charge is 0.315 e. The zero-order valence-electron chi connectivity index (χ0n) is 28.7. The maximum atomic E-state index is 4.00. The standard InChI is InChI=1S/C48H39NP2/c1-5-13-40-32(9-1)17-21-36-27-50(28-37-22-18-33-10-2-6-14-41(33)45(37)44(36)40)48(25-26-49-31-48)51-29-38-23-19-34-11-3-7-15-42(34)46(38)47-39(30-51)24-20-35-12-4-8-16-43(35)47/h1-24,49H,25-31H2. The van der Waals surface area contributed by atoms with Gasteiger partial charge < -0.3 is 5.32 Å². The molecule has 3 heterocycles. The molecule has 8 aromatic rings. The molecule has 3 aliphatic heterocycles. The van der Waals surface area contributed by atoms with Crippen molar-refractivity contribution < 1.29 is 0 Å². The van der Waals surface area contributed by atoms with Crippen molar-refractivity contribution >= 4 is 58.9 Å². The van der Waals surface area contributed by atoms with Crippen molar-refractivity contribution in [3.63, 3.8) is 0 Å². The van der Waals surface area contributed by atoms with E-state index in [9.17, 15) is 0 Å². The van der Waals surface area contributed by atoms with Gasteiger partial charge in [0, 0.05) is 11.4 Å². The van der Waals surface area contributed by atoms with Gasteiger partial charge in [-0.3, -0.25) is 0 Å². The first-order chi connectivity index (χ1) is 25.2. The van der Waals surface area contributed by atoms with Gasteiger partial charge in [0.15, 0.2) is 0 Å². The Labute approximate surface area is 302 Å². The van der Waals surface area contributed by atoms with Crippen LogP contribution in [0.15, 0.2) is 146 Å². The molecule has 0 atom stereocenters. The van der Waals surface area contributed by atoms with Crippen LogP contribution in [0, 0.1) is 0 Å². The Morgan fingerprint density at radius 1 is 0.373 bits per heavy atom. The third-order valence-corrected chi connectivity index (χ3v) is 20.0. The van der Waals surface area contributed by atoms with Gasteiger partial charge >= 0.3 is 0 Å². The lowest BCUT2D eigenvalue weighted by molar-refractivity contribution is 0.829. The van der Waals surface area contributed by atoms with Crippen LogP contribution in [0.5, 0.6) is 0 Å². The summed E-state index contributed by atoms with van der Waals surface area (Å²) in [6, 6.07) is 56.0. The fourth-order valence-electron chi connectivity index (χ4n) is 9.90. The average Bonchev–Trinajstić information content (AvgIpc) is 3.53. The normalized spacial score (nSPS) is 17.2. The van der Waals surface area contributed by atoms with Gasteiger partial charge in [0.25, 0.3) is 0 Å². The van der Waals surface area contributed by atoms with Gasteiger partial charge in [-0.15, -0.1) is 0 Å². The van der Waals surface area contributed by atoms with E-state index in [0.717, 1.165) is 13.1 Å². The Bertz CT molecular complexity index is 2330. The second kappa shape index (κ2) is 11.8. The van der Waals surface area contributed by atoms with E-state index in [2.05, 4.69) is 151 Å². The summed E-state index contributed by atoms with van der Waals surface area (Å²) < 4.78 is 0. The molecule has 1 fully saturated rings. The summed E-state index contributed by atoms with van der Waals surface area (Å²) in [5.41, 5.74) is 12.2. The van der Waals surface area contributed by atoms with E-state index in [4.69, 9.17) is 0 Å². The van der Waals surface area contributed by atoms with Gasteiger partial charge in [-0.2, -0.15) is 0 Å². The molecular formula is C48H39NP2. The topological polar surface area (TPSA) is 12.0 Å². The summed E-state index contributed by atoms with van der Waals surface area (Å²) in [5.74, 6) is 0. The van der Waals surface area contributed by atoms with Gasteiger partial charge in [0.1, 0.15) is 0 Å². The summed E-state index contributed by atoms with van der Waals surface area (Å²) in [6.07, 6.45) is 6.03. The highest BCUT2D eigenvalue weighted by Gasteiger charge is 2.49. The zero-order chi connectivity index (χ0) is 33.5. The molecule has 0 aliphatic carbocycles. The van der Waals surface area contributed by atoms with Crippen LogP contribution in [0.2, 0.25) is 0 Å². The summed E-state index contributed by atoms with van der Waals surface area (Å²) in [6.45, 7) is 2.27. The van der Waals surface area contributed by atoms with Crippen LogP contribution in [0.25, 0.3) is 65.3 Å². The number of rotatable bonds is 2. The van der Waals surface area contributed by atoms with E-state index in [1.54, 1.807) is 22.3 Å². The van der Waals surface area contributed by atoms with Crippen molar-refractivity contribution in [2.75, 3.05) is 13.1 Å². The first-order valence-electron chi connectivity index (χ1n) is 18.5. The van der Waals surface area contributed by atoms with Crippen LogP contribution in [0.1, 0.15) is 28.7 Å². The van der Waals surface area contributed by atoms with Crippen LogP contribution >= 0.6 is 15.8 Å². The molecule has 1 nitrogen and oxygen atoms in total. The summed E-state index contributed by atoms with van der Waals surface area (Å²) in [5, 5.41) is 15.0. The van der Waals surface area contributed by atoms with E-state index >= 15 is 0 Å². The van der Waals surface area contributed by atoms with Crippen molar-refractivity contribution in [1.29, 1.82) is 0 Å². The minimum atomic E-state index is -0.384. The molecule has 0 saturated carbocycles. The molecule has 1 N–H and O–H groups in total. The van der Waals surface area contributed by atoms with Crippen molar-refractivity contribution in [3.8, 4) is 22.3 Å². The maximum absolute atomic E-state index is 4.00. The molecule has 0 unspecified atom stereocenters. The number of fused-ring (bicyclic) bond motifs is 14. The van der Waals surface area contributed by atoms with Gasteiger partial charge in [0.2, 0.25) is 0 Å². The highest BCUT2D eigenvalue weighted by atomic mass is 31.2. The lowest BCUT2D eigenvalue weighted by Crippen LogP contribution is -2.30. The number of benzene rings is 8. The second-order valence-electron chi connectivity index (χ2n) is 14.9. The number of nitrogens with one attached hydrogen (secondary N) is 1. The van der Waals surface area contributed by atoms with Crippen molar-refractivity contribution in [2.45, 2.75) is 36.0 Å². The maximum Gasteiger partial charge on any atom is 0.0254 e. The lowest BCUT2D eigenvalue weighted by Gasteiger charge is -2.44. The minimum Gasteiger partial charge on any atom is -0.315 e. The molecule has 8 aromatic carbocycles. The van der Waals surface area contributed by atoms with Crippen LogP contribution in [-0.4, -0.2) is 18.0 Å². The molecule has 51 heavy (non-hydrogen) atoms. The smallest absolute Gasteiger partial charge is 0.0254 e. The third kappa shape index (κ3) is 4.65. The number of hydrogen-bond donors (Lipinski definition) is 1. The van der Waals surface area contributed by atoms with E-state index in [1.807, 2.05) is 0 Å². The Hall–Kier alpha value is -4.38. The second-order valence-corrected chi connectivity index (χ2v) is 20.4. The van der Waals surface area contributed by atoms with Crippen LogP contribution < -0.4 is 5.32 Å². The molecule has 0 aromatic heterocycles. The van der Waals surface area contributed by atoms with E-state index in [-0.39, 0.29) is 20.7 Å². The highest BCUT2D eigenvalue weighted by molar-refractivity contribution is 7.76. The monoisotopic (exact) mass is 691 g/mol. The van der Waals surface area contributed by atoms with Gasteiger partial charge in [-0.25, -0.2) is 0 Å². The minimum absolute atomic E-state index is 0.289. The highest BCUT2D eigenvalue weighted by Crippen LogP contribution is 2.76. The van der Waals surface area contributed by atoms with E-state index in [1.165, 1.54) is 96.4 Å². The summed E-state index contributed by atoms with van der Waals surface area (Å²) in [4.78, 5) is 0.289. The molecular weight excluding hydrogens is 652 g/mol. The number of hydrogen-bond acceptors (Lipinski definition) is 1. The summed E-state index contributed by atoms with van der Waals surface area (Å²) in [7, 11) is -0.768. The first kappa shape index (κ1) is 30.3. The zero-order valence-corrected chi connectivity index (χ0v) is 30.5. The van der Waals surface area contributed by atoms with Crippen LogP contribution in [0.4, 0.5) is 0 Å². The fraction of sp³-hybridized carbons (Fsp3) is 0.167. The Balaban J connectivity index is 1.13. The van der Waals surface area contributed by atoms with E-state index in [0.29, 0.717) is 0 Å². The quantitative estimate of drug-likeness (QED) is 0.178. The summed E-state index contributed by atoms with van der Waals surface area (Å²) >= 11 is 0. The van der Waals surface area contributed by atoms with Gasteiger partial charge in [0.05, 0.1) is 0 Å². The molecule has 1 saturated heterocycles. The SMILES string of the molecule is c1ccc2c3c(ccc2c1)CP(C1(P2Cc4ccc5ccccc5c4-c4c(ccc5ccccc45)C2)CCNC1)Cc1ccc2ccccc2c1-3. The Morgan fingerprint density at radius 3 is 0.980 bits per heavy atom. The predicted octanol–water partition coefficient (Wildman–Crippen LogP) is 13.0. The molecule has 0 amide bonds. The van der Waals surface area contributed by atoms with Crippen molar-refractivity contribution in [2.24, 2.45) is 0 Å². The van der Waals surface area contributed by atoms with Gasteiger partial charge in [-0.1, -0.05) is 161 Å². The Morgan fingerprint density at radius 2 is 0.686 bits per heavy atom. The predicted molar refractivity (Wildman–Crippen MR) is 223 cm³/mol. The average molecular weight is 692 g/mol.